The van der Waals surface area contributed by atoms with Crippen LogP contribution in [0.4, 0.5) is 4.79 Å². The Balaban J connectivity index is 2.18. The third-order valence-electron chi connectivity index (χ3n) is 3.92. The van der Waals surface area contributed by atoms with Crippen molar-refractivity contribution in [2.24, 2.45) is 0 Å². The maximum Gasteiger partial charge on any atom is 0.317 e. The molecule has 1 aliphatic carbocycles. The molecule has 5 nitrogen and oxygen atoms in total. The molecule has 0 bridgehead atoms. The number of nitrogens with one attached hydrogen (secondary N) is 1. The van der Waals surface area contributed by atoms with Crippen LogP contribution in [0, 0.1) is 0 Å². The second-order valence-electron chi connectivity index (χ2n) is 5.09. The summed E-state index contributed by atoms with van der Waals surface area (Å²) in [6, 6.07) is -0.0839. The zero-order chi connectivity index (χ0) is 12.3. The van der Waals surface area contributed by atoms with Gasteiger partial charge in [0.1, 0.15) is 0 Å². The number of urea groups is 1. The minimum atomic E-state index is -0.801. The molecule has 96 valence electrons. The summed E-state index contributed by atoms with van der Waals surface area (Å²) in [6.07, 6.45) is 5.85. The van der Waals surface area contributed by atoms with E-state index < -0.39 is 11.5 Å². The highest BCUT2D eigenvalue weighted by atomic mass is 16.4. The highest BCUT2D eigenvalue weighted by molar-refractivity contribution is 5.77. The van der Waals surface area contributed by atoms with Crippen molar-refractivity contribution in [3.63, 3.8) is 0 Å². The van der Waals surface area contributed by atoms with Crippen LogP contribution in [0.25, 0.3) is 0 Å². The van der Waals surface area contributed by atoms with Gasteiger partial charge in [0.2, 0.25) is 0 Å². The van der Waals surface area contributed by atoms with E-state index in [1.165, 1.54) is 0 Å². The molecular weight excluding hydrogens is 220 g/mol. The number of carbonyl (C=O) groups is 2. The summed E-state index contributed by atoms with van der Waals surface area (Å²) in [6.45, 7) is 1.40. The summed E-state index contributed by atoms with van der Waals surface area (Å²) in [5.41, 5.74) is -0.436. The third-order valence-corrected chi connectivity index (χ3v) is 3.92. The largest absolute Gasteiger partial charge is 0.481 e. The van der Waals surface area contributed by atoms with Crippen molar-refractivity contribution in [2.75, 3.05) is 13.1 Å². The molecule has 17 heavy (non-hydrogen) atoms. The Labute approximate surface area is 101 Å². The molecule has 2 N–H and O–H groups in total. The summed E-state index contributed by atoms with van der Waals surface area (Å²) >= 11 is 0. The standard InChI is InChI=1S/C12H20N2O3/c15-10(16)9-12(5-2-1-3-6-12)14-8-4-7-13-11(14)17/h1-9H2,(H,13,17)(H,15,16). The summed E-state index contributed by atoms with van der Waals surface area (Å²) < 4.78 is 0. The molecule has 1 aliphatic heterocycles. The Kier molecular flexibility index (Phi) is 3.54. The van der Waals surface area contributed by atoms with Crippen LogP contribution in [0.2, 0.25) is 0 Å². The van der Waals surface area contributed by atoms with Crippen molar-refractivity contribution in [3.05, 3.63) is 0 Å². The van der Waals surface area contributed by atoms with Crippen molar-refractivity contribution in [1.29, 1.82) is 0 Å². The Morgan fingerprint density at radius 1 is 1.29 bits per heavy atom. The number of hydrogen-bond acceptors (Lipinski definition) is 2. The molecule has 2 fully saturated rings. The second-order valence-corrected chi connectivity index (χ2v) is 5.09. The number of rotatable bonds is 3. The highest BCUT2D eigenvalue weighted by Crippen LogP contribution is 2.37. The van der Waals surface area contributed by atoms with Crippen LogP contribution in [0.3, 0.4) is 0 Å². The average molecular weight is 240 g/mol. The van der Waals surface area contributed by atoms with Gasteiger partial charge < -0.3 is 15.3 Å². The molecular formula is C12H20N2O3. The van der Waals surface area contributed by atoms with E-state index in [4.69, 9.17) is 5.11 Å². The van der Waals surface area contributed by atoms with E-state index >= 15 is 0 Å². The summed E-state index contributed by atoms with van der Waals surface area (Å²) in [5.74, 6) is -0.801. The number of amides is 2. The molecule has 0 aromatic rings. The monoisotopic (exact) mass is 240 g/mol. The number of hydrogen-bond donors (Lipinski definition) is 2. The average Bonchev–Trinajstić information content (AvgIpc) is 2.29. The number of carboxylic acids is 1. The molecule has 0 atom stereocenters. The molecule has 2 amide bonds. The van der Waals surface area contributed by atoms with Crippen molar-refractivity contribution in [2.45, 2.75) is 50.5 Å². The SMILES string of the molecule is O=C(O)CC1(N2CCCNC2=O)CCCCC1. The summed E-state index contributed by atoms with van der Waals surface area (Å²) in [7, 11) is 0. The van der Waals surface area contributed by atoms with E-state index in [2.05, 4.69) is 5.32 Å². The third kappa shape index (κ3) is 2.53. The van der Waals surface area contributed by atoms with E-state index in [9.17, 15) is 9.59 Å². The van der Waals surface area contributed by atoms with Crippen LogP contribution in [-0.2, 0) is 4.79 Å². The first-order valence-electron chi connectivity index (χ1n) is 6.41. The van der Waals surface area contributed by atoms with Gasteiger partial charge in [-0.2, -0.15) is 0 Å². The lowest BCUT2D eigenvalue weighted by Gasteiger charge is -2.47. The quantitative estimate of drug-likeness (QED) is 0.786. The van der Waals surface area contributed by atoms with Gasteiger partial charge in [-0.3, -0.25) is 4.79 Å². The van der Waals surface area contributed by atoms with Gasteiger partial charge in [-0.15, -0.1) is 0 Å². The van der Waals surface area contributed by atoms with Crippen LogP contribution in [0.1, 0.15) is 44.9 Å². The molecule has 0 aromatic carbocycles. The van der Waals surface area contributed by atoms with Gasteiger partial charge in [0.25, 0.3) is 0 Å². The zero-order valence-electron chi connectivity index (χ0n) is 10.1. The number of carbonyl (C=O) groups excluding carboxylic acids is 1. The van der Waals surface area contributed by atoms with Gasteiger partial charge in [0.05, 0.1) is 12.0 Å². The lowest BCUT2D eigenvalue weighted by molar-refractivity contribution is -0.140. The number of nitrogens with zero attached hydrogens (tertiary/aromatic N) is 1. The van der Waals surface area contributed by atoms with Gasteiger partial charge >= 0.3 is 12.0 Å². The van der Waals surface area contributed by atoms with Crippen LogP contribution in [-0.4, -0.2) is 40.6 Å². The smallest absolute Gasteiger partial charge is 0.317 e. The molecule has 0 aromatic heterocycles. The fraction of sp³-hybridized carbons (Fsp3) is 0.833. The van der Waals surface area contributed by atoms with Gasteiger partial charge in [-0.05, 0) is 19.3 Å². The first-order valence-corrected chi connectivity index (χ1v) is 6.41. The Hall–Kier alpha value is -1.26. The molecule has 1 heterocycles. The van der Waals surface area contributed by atoms with Gasteiger partial charge in [-0.25, -0.2) is 4.79 Å². The Morgan fingerprint density at radius 2 is 2.00 bits per heavy atom. The zero-order valence-corrected chi connectivity index (χ0v) is 10.1. The topological polar surface area (TPSA) is 69.6 Å². The fourth-order valence-electron chi connectivity index (χ4n) is 3.12. The fourth-order valence-corrected chi connectivity index (χ4v) is 3.12. The molecule has 2 aliphatic rings. The van der Waals surface area contributed by atoms with Gasteiger partial charge in [-0.1, -0.05) is 19.3 Å². The van der Waals surface area contributed by atoms with Crippen molar-refractivity contribution < 1.29 is 14.7 Å². The number of carboxylic acid groups (broad SMARTS) is 1. The number of aliphatic carboxylic acids is 1. The van der Waals surface area contributed by atoms with E-state index in [-0.39, 0.29) is 12.5 Å². The first kappa shape index (κ1) is 12.2. The van der Waals surface area contributed by atoms with Crippen molar-refractivity contribution in [1.82, 2.24) is 10.2 Å². The maximum atomic E-state index is 11.9. The van der Waals surface area contributed by atoms with E-state index in [0.29, 0.717) is 13.1 Å². The highest BCUT2D eigenvalue weighted by Gasteiger charge is 2.42. The van der Waals surface area contributed by atoms with Crippen LogP contribution in [0.15, 0.2) is 0 Å². The van der Waals surface area contributed by atoms with E-state index in [1.807, 2.05) is 0 Å². The van der Waals surface area contributed by atoms with Gasteiger partial charge in [0, 0.05) is 13.1 Å². The lowest BCUT2D eigenvalue weighted by Crippen LogP contribution is -2.60. The molecule has 1 saturated carbocycles. The van der Waals surface area contributed by atoms with E-state index in [0.717, 1.165) is 38.5 Å². The lowest BCUT2D eigenvalue weighted by atomic mass is 9.77. The minimum absolute atomic E-state index is 0.0837. The van der Waals surface area contributed by atoms with Crippen LogP contribution >= 0.6 is 0 Å². The predicted octanol–water partition coefficient (Wildman–Crippen LogP) is 1.58. The molecule has 1 saturated heterocycles. The van der Waals surface area contributed by atoms with Crippen molar-refractivity contribution >= 4 is 12.0 Å². The second kappa shape index (κ2) is 4.94. The van der Waals surface area contributed by atoms with Crippen molar-refractivity contribution in [3.8, 4) is 0 Å². The predicted molar refractivity (Wildman–Crippen MR) is 62.8 cm³/mol. The van der Waals surface area contributed by atoms with Crippen LogP contribution in [0.5, 0.6) is 0 Å². The first-order chi connectivity index (χ1) is 8.14. The molecule has 0 unspecified atom stereocenters. The van der Waals surface area contributed by atoms with E-state index in [1.54, 1.807) is 4.90 Å². The summed E-state index contributed by atoms with van der Waals surface area (Å²) in [5, 5.41) is 11.9. The Morgan fingerprint density at radius 3 is 2.59 bits per heavy atom. The molecule has 2 rings (SSSR count). The Bertz CT molecular complexity index is 311. The molecule has 0 spiro atoms. The minimum Gasteiger partial charge on any atom is -0.481 e. The molecule has 0 radical (unpaired) electrons. The summed E-state index contributed by atoms with van der Waals surface area (Å²) in [4.78, 5) is 24.7. The normalized spacial score (nSPS) is 24.2. The van der Waals surface area contributed by atoms with Gasteiger partial charge in [0.15, 0.2) is 0 Å². The molecule has 5 heteroatoms. The maximum absolute atomic E-state index is 11.9. The van der Waals surface area contributed by atoms with Crippen LogP contribution < -0.4 is 5.32 Å².